The molecule has 1 heterocycles. The first-order chi connectivity index (χ1) is 7.81. The number of nitrogens with one attached hydrogen (secondary N) is 1. The molecule has 1 saturated heterocycles. The van der Waals surface area contributed by atoms with Crippen molar-refractivity contribution in [2.24, 2.45) is 0 Å². The van der Waals surface area contributed by atoms with Crippen LogP contribution in [0.2, 0.25) is 0 Å². The Morgan fingerprint density at radius 1 is 1.35 bits per heavy atom. The van der Waals surface area contributed by atoms with Gasteiger partial charge in [-0.15, -0.1) is 0 Å². The van der Waals surface area contributed by atoms with Crippen molar-refractivity contribution in [2.75, 3.05) is 12.3 Å². The maximum Gasteiger partial charge on any atom is 0.359 e. The van der Waals surface area contributed by atoms with Gasteiger partial charge in [-0.3, -0.25) is 0 Å². The van der Waals surface area contributed by atoms with E-state index in [-0.39, 0.29) is 23.6 Å². The summed E-state index contributed by atoms with van der Waals surface area (Å²) in [6.45, 7) is 1.84. The molecule has 0 aromatic carbocycles. The Bertz CT molecular complexity index is 243. The van der Waals surface area contributed by atoms with Gasteiger partial charge in [0.25, 0.3) is 0 Å². The third kappa shape index (κ3) is 3.47. The van der Waals surface area contributed by atoms with E-state index in [2.05, 4.69) is 5.32 Å². The number of halogens is 5. The average molecular weight is 277 g/mol. The van der Waals surface area contributed by atoms with Gasteiger partial charge in [0.05, 0.1) is 0 Å². The lowest BCUT2D eigenvalue weighted by Crippen LogP contribution is -2.46. The molecule has 2 atom stereocenters. The summed E-state index contributed by atoms with van der Waals surface area (Å²) in [4.78, 5) is 0. The fourth-order valence-corrected chi connectivity index (χ4v) is 2.65. The third-order valence-electron chi connectivity index (χ3n) is 2.77. The lowest BCUT2D eigenvalue weighted by atomic mass is 10.2. The molecule has 0 amide bonds. The quantitative estimate of drug-likeness (QED) is 0.746. The maximum atomic E-state index is 13.2. The topological polar surface area (TPSA) is 12.0 Å². The minimum atomic E-state index is -4.61. The normalized spacial score (nSPS) is 24.0. The van der Waals surface area contributed by atoms with Crippen LogP contribution in [0.5, 0.6) is 0 Å². The van der Waals surface area contributed by atoms with E-state index in [1.165, 1.54) is 0 Å². The lowest BCUT2D eigenvalue weighted by Gasteiger charge is -2.28. The van der Waals surface area contributed by atoms with Gasteiger partial charge in [-0.1, -0.05) is 18.7 Å². The van der Waals surface area contributed by atoms with Gasteiger partial charge in [0.15, 0.2) is 6.17 Å². The van der Waals surface area contributed by atoms with Gasteiger partial charge in [-0.25, -0.2) is 4.39 Å². The summed E-state index contributed by atoms with van der Waals surface area (Å²) in [6, 6.07) is -0.179. The minimum Gasteiger partial charge on any atom is -0.313 e. The van der Waals surface area contributed by atoms with Gasteiger partial charge in [0.1, 0.15) is 0 Å². The highest BCUT2D eigenvalue weighted by atomic mass is 32.2. The maximum absolute atomic E-state index is 13.2. The molecule has 0 saturated carbocycles. The molecular formula is C10H16F5NS. The first-order valence-electron chi connectivity index (χ1n) is 5.58. The van der Waals surface area contributed by atoms with Gasteiger partial charge < -0.3 is 5.32 Å². The van der Waals surface area contributed by atoms with Crippen LogP contribution in [0.15, 0.2) is 0 Å². The second kappa shape index (κ2) is 5.73. The zero-order chi connectivity index (χ0) is 13.1. The monoisotopic (exact) mass is 277 g/mol. The molecule has 1 aliphatic rings. The molecule has 1 N–H and O–H groups in total. The molecule has 0 aliphatic carbocycles. The van der Waals surface area contributed by atoms with Crippen LogP contribution in [0.4, 0.5) is 22.0 Å². The molecule has 1 rings (SSSR count). The summed E-state index contributed by atoms with van der Waals surface area (Å²) in [6.07, 6.45) is -1.87. The second-order valence-corrected chi connectivity index (χ2v) is 5.25. The molecule has 0 bridgehead atoms. The van der Waals surface area contributed by atoms with Gasteiger partial charge in [0, 0.05) is 11.8 Å². The zero-order valence-corrected chi connectivity index (χ0v) is 10.3. The van der Waals surface area contributed by atoms with Crippen molar-refractivity contribution in [3.8, 4) is 0 Å². The summed E-state index contributed by atoms with van der Waals surface area (Å²) in [7, 11) is 0. The molecule has 17 heavy (non-hydrogen) atoms. The van der Waals surface area contributed by atoms with Gasteiger partial charge in [0.2, 0.25) is 0 Å². The van der Waals surface area contributed by atoms with Crippen molar-refractivity contribution < 1.29 is 22.0 Å². The lowest BCUT2D eigenvalue weighted by molar-refractivity contribution is -0.190. The molecule has 0 aromatic rings. The molecule has 7 heteroatoms. The number of rotatable bonds is 6. The zero-order valence-electron chi connectivity index (χ0n) is 9.49. The molecule has 0 aromatic heterocycles. The Hall–Kier alpha value is -0.0400. The Morgan fingerprint density at radius 2 is 2.00 bits per heavy atom. The van der Waals surface area contributed by atoms with Crippen LogP contribution >= 0.6 is 11.8 Å². The van der Waals surface area contributed by atoms with Crippen LogP contribution < -0.4 is 5.32 Å². The summed E-state index contributed by atoms with van der Waals surface area (Å²) in [5.74, 6) is -4.73. The van der Waals surface area contributed by atoms with E-state index in [0.29, 0.717) is 13.0 Å². The minimum absolute atomic E-state index is 0.126. The van der Waals surface area contributed by atoms with E-state index in [4.69, 9.17) is 0 Å². The SMILES string of the molecule is CCC(F)C(F)(F)C(F)(F)SCC1CCCN1. The standard InChI is InChI=1S/C10H16F5NS/c1-2-8(11)9(12,13)10(14,15)17-6-7-4-3-5-16-7/h7-8,16H,2-6H2,1H3. The largest absolute Gasteiger partial charge is 0.359 e. The fourth-order valence-electron chi connectivity index (χ4n) is 1.64. The summed E-state index contributed by atoms with van der Waals surface area (Å²) in [5, 5.41) is -1.42. The number of hydrogen-bond acceptors (Lipinski definition) is 2. The van der Waals surface area contributed by atoms with E-state index < -0.39 is 23.8 Å². The molecule has 1 aliphatic heterocycles. The predicted octanol–water partition coefficient (Wildman–Crippen LogP) is 3.45. The van der Waals surface area contributed by atoms with Crippen molar-refractivity contribution in [1.82, 2.24) is 5.32 Å². The smallest absolute Gasteiger partial charge is 0.313 e. The van der Waals surface area contributed by atoms with Gasteiger partial charge in [-0.05, 0) is 25.8 Å². The van der Waals surface area contributed by atoms with Crippen LogP contribution in [0, 0.1) is 0 Å². The first kappa shape index (κ1) is 15.0. The number of alkyl halides is 5. The molecule has 102 valence electrons. The van der Waals surface area contributed by atoms with E-state index in [1.807, 2.05) is 0 Å². The van der Waals surface area contributed by atoms with Crippen molar-refractivity contribution in [3.05, 3.63) is 0 Å². The van der Waals surface area contributed by atoms with E-state index >= 15 is 0 Å². The Kier molecular flexibility index (Phi) is 5.07. The van der Waals surface area contributed by atoms with Crippen molar-refractivity contribution in [1.29, 1.82) is 0 Å². The van der Waals surface area contributed by atoms with Crippen molar-refractivity contribution >= 4 is 11.8 Å². The van der Waals surface area contributed by atoms with Crippen LogP contribution in [-0.4, -0.2) is 35.7 Å². The van der Waals surface area contributed by atoms with Crippen LogP contribution in [0.3, 0.4) is 0 Å². The molecule has 0 radical (unpaired) electrons. The van der Waals surface area contributed by atoms with Crippen molar-refractivity contribution in [2.45, 2.75) is 49.6 Å². The van der Waals surface area contributed by atoms with Crippen LogP contribution in [-0.2, 0) is 0 Å². The predicted molar refractivity (Wildman–Crippen MR) is 58.6 cm³/mol. The molecule has 2 unspecified atom stereocenters. The van der Waals surface area contributed by atoms with Gasteiger partial charge in [-0.2, -0.15) is 17.6 Å². The van der Waals surface area contributed by atoms with Crippen LogP contribution in [0.25, 0.3) is 0 Å². The Morgan fingerprint density at radius 3 is 2.47 bits per heavy atom. The fraction of sp³-hybridized carbons (Fsp3) is 1.00. The van der Waals surface area contributed by atoms with E-state index in [9.17, 15) is 22.0 Å². The molecule has 1 fully saturated rings. The molecule has 0 spiro atoms. The van der Waals surface area contributed by atoms with Gasteiger partial charge >= 0.3 is 11.2 Å². The van der Waals surface area contributed by atoms with Crippen molar-refractivity contribution in [3.63, 3.8) is 0 Å². The highest BCUT2D eigenvalue weighted by Gasteiger charge is 2.61. The Labute approximate surface area is 102 Å². The van der Waals surface area contributed by atoms with E-state index in [1.54, 1.807) is 0 Å². The summed E-state index contributed by atoms with van der Waals surface area (Å²) >= 11 is -0.159. The summed E-state index contributed by atoms with van der Waals surface area (Å²) in [5.41, 5.74) is 0. The highest BCUT2D eigenvalue weighted by molar-refractivity contribution is 8.00. The molecular weight excluding hydrogens is 261 g/mol. The number of hydrogen-bond donors (Lipinski definition) is 1. The second-order valence-electron chi connectivity index (χ2n) is 4.12. The molecule has 1 nitrogen and oxygen atoms in total. The van der Waals surface area contributed by atoms with Crippen LogP contribution in [0.1, 0.15) is 26.2 Å². The Balaban J connectivity index is 2.53. The summed E-state index contributed by atoms with van der Waals surface area (Å²) < 4.78 is 65.5. The third-order valence-corrected chi connectivity index (χ3v) is 3.97. The highest BCUT2D eigenvalue weighted by Crippen LogP contribution is 2.47. The number of thioether (sulfide) groups is 1. The van der Waals surface area contributed by atoms with E-state index in [0.717, 1.165) is 13.3 Å². The average Bonchev–Trinajstić information content (AvgIpc) is 2.77. The first-order valence-corrected chi connectivity index (χ1v) is 6.57.